The molecule has 1 N–H and O–H groups in total. The van der Waals surface area contributed by atoms with Crippen molar-refractivity contribution in [3.05, 3.63) is 0 Å². The Morgan fingerprint density at radius 2 is 1.20 bits per heavy atom. The molecule has 0 spiro atoms. The monoisotopic (exact) mass is 312 g/mol. The lowest BCUT2D eigenvalue weighted by molar-refractivity contribution is 0.130. The van der Waals surface area contributed by atoms with Gasteiger partial charge in [-0.15, -0.1) is 0 Å². The van der Waals surface area contributed by atoms with Gasteiger partial charge in [-0.05, 0) is 19.3 Å². The van der Waals surface area contributed by atoms with E-state index in [4.69, 9.17) is 9.29 Å². The van der Waals surface area contributed by atoms with Crippen molar-refractivity contribution in [2.24, 2.45) is 0 Å². The van der Waals surface area contributed by atoms with Crippen molar-refractivity contribution in [3.63, 3.8) is 0 Å². The van der Waals surface area contributed by atoms with Gasteiger partial charge in [-0.1, -0.05) is 44.9 Å². The maximum atomic E-state index is 11.8. The van der Waals surface area contributed by atoms with Crippen LogP contribution >= 0.6 is 0 Å². The lowest BCUT2D eigenvalue weighted by Crippen LogP contribution is -2.07. The summed E-state index contributed by atoms with van der Waals surface area (Å²) in [6.07, 6.45) is 10.2. The fourth-order valence-electron chi connectivity index (χ4n) is 1.98. The van der Waals surface area contributed by atoms with Gasteiger partial charge in [0.2, 0.25) is 0 Å². The predicted octanol–water partition coefficient (Wildman–Crippen LogP) is 3.76. The lowest BCUT2D eigenvalue weighted by atomic mass is 10.1. The van der Waals surface area contributed by atoms with Crippen molar-refractivity contribution < 1.29 is 22.1 Å². The Bertz CT molecular complexity index is 294. The van der Waals surface area contributed by atoms with Crippen molar-refractivity contribution >= 4 is 10.1 Å². The molecule has 122 valence electrons. The summed E-state index contributed by atoms with van der Waals surface area (Å²) in [5.74, 6) is -0.227. The molecule has 0 aromatic carbocycles. The maximum absolute atomic E-state index is 11.8. The molecule has 0 aromatic rings. The van der Waals surface area contributed by atoms with Crippen LogP contribution in [0.5, 0.6) is 0 Å². The SMILES string of the molecule is O=S(=O)(O)CCCOCCCCCCCCCCCF. The summed E-state index contributed by atoms with van der Waals surface area (Å²) in [6.45, 7) is 0.848. The first-order valence-corrected chi connectivity index (χ1v) is 9.26. The van der Waals surface area contributed by atoms with Gasteiger partial charge in [-0.2, -0.15) is 8.42 Å². The number of rotatable bonds is 15. The average Bonchev–Trinajstić information content (AvgIpc) is 2.38. The first-order valence-electron chi connectivity index (χ1n) is 7.65. The van der Waals surface area contributed by atoms with Gasteiger partial charge < -0.3 is 4.74 Å². The van der Waals surface area contributed by atoms with E-state index in [-0.39, 0.29) is 12.4 Å². The molecule has 0 aromatic heterocycles. The van der Waals surface area contributed by atoms with Crippen LogP contribution in [0.2, 0.25) is 0 Å². The fraction of sp³-hybridized carbons (Fsp3) is 1.00. The number of hydrogen-bond acceptors (Lipinski definition) is 3. The van der Waals surface area contributed by atoms with Crippen LogP contribution in [0.25, 0.3) is 0 Å². The largest absolute Gasteiger partial charge is 0.381 e. The van der Waals surface area contributed by atoms with Crippen LogP contribution in [0.4, 0.5) is 4.39 Å². The van der Waals surface area contributed by atoms with Crippen molar-refractivity contribution in [2.45, 2.75) is 64.2 Å². The topological polar surface area (TPSA) is 63.6 Å². The number of hydrogen-bond donors (Lipinski definition) is 1. The summed E-state index contributed by atoms with van der Waals surface area (Å²) >= 11 is 0. The minimum absolute atomic E-state index is 0.190. The Labute approximate surface area is 122 Å². The molecule has 0 saturated heterocycles. The minimum atomic E-state index is -3.84. The molecule has 4 nitrogen and oxygen atoms in total. The second-order valence-electron chi connectivity index (χ2n) is 5.12. The third kappa shape index (κ3) is 17.8. The average molecular weight is 312 g/mol. The molecule has 0 unspecified atom stereocenters. The summed E-state index contributed by atoms with van der Waals surface area (Å²) in [4.78, 5) is 0. The van der Waals surface area contributed by atoms with Crippen molar-refractivity contribution in [1.82, 2.24) is 0 Å². The van der Waals surface area contributed by atoms with E-state index in [0.29, 0.717) is 26.1 Å². The third-order valence-electron chi connectivity index (χ3n) is 3.11. The molecule has 0 saturated carbocycles. The van der Waals surface area contributed by atoms with Gasteiger partial charge >= 0.3 is 0 Å². The lowest BCUT2D eigenvalue weighted by Gasteiger charge is -2.04. The van der Waals surface area contributed by atoms with E-state index in [1.54, 1.807) is 0 Å². The second-order valence-corrected chi connectivity index (χ2v) is 6.70. The maximum Gasteiger partial charge on any atom is 0.264 e. The molecule has 0 bridgehead atoms. The van der Waals surface area contributed by atoms with Gasteiger partial charge in [0.25, 0.3) is 10.1 Å². The second kappa shape index (κ2) is 13.8. The highest BCUT2D eigenvalue weighted by atomic mass is 32.2. The summed E-state index contributed by atoms with van der Waals surface area (Å²) < 4.78 is 46.5. The van der Waals surface area contributed by atoms with E-state index in [0.717, 1.165) is 25.7 Å². The van der Waals surface area contributed by atoms with Crippen LogP contribution in [0, 0.1) is 0 Å². The van der Waals surface area contributed by atoms with E-state index >= 15 is 0 Å². The minimum Gasteiger partial charge on any atom is -0.381 e. The van der Waals surface area contributed by atoms with Gasteiger partial charge in [-0.3, -0.25) is 8.94 Å². The highest BCUT2D eigenvalue weighted by Gasteiger charge is 2.02. The molecule has 0 rings (SSSR count). The van der Waals surface area contributed by atoms with Crippen LogP contribution in [-0.2, 0) is 14.9 Å². The molecule has 0 atom stereocenters. The van der Waals surface area contributed by atoms with Gasteiger partial charge in [0.15, 0.2) is 0 Å². The van der Waals surface area contributed by atoms with Gasteiger partial charge in [0.1, 0.15) is 0 Å². The highest BCUT2D eigenvalue weighted by Crippen LogP contribution is 2.09. The zero-order chi connectivity index (χ0) is 15.1. The van der Waals surface area contributed by atoms with Crippen LogP contribution in [0.15, 0.2) is 0 Å². The number of unbranched alkanes of at least 4 members (excludes halogenated alkanes) is 8. The summed E-state index contributed by atoms with van der Waals surface area (Å²) in [5.41, 5.74) is 0. The fourth-order valence-corrected chi connectivity index (χ4v) is 2.46. The Morgan fingerprint density at radius 3 is 1.70 bits per heavy atom. The zero-order valence-electron chi connectivity index (χ0n) is 12.4. The Morgan fingerprint density at radius 1 is 0.750 bits per heavy atom. The van der Waals surface area contributed by atoms with Crippen LogP contribution < -0.4 is 0 Å². The van der Waals surface area contributed by atoms with Crippen molar-refractivity contribution in [1.29, 1.82) is 0 Å². The Kier molecular flexibility index (Phi) is 13.6. The number of halogens is 1. The highest BCUT2D eigenvalue weighted by molar-refractivity contribution is 7.85. The Balaban J connectivity index is 3.03. The molecular weight excluding hydrogens is 283 g/mol. The molecule has 0 heterocycles. The van der Waals surface area contributed by atoms with E-state index in [1.807, 2.05) is 0 Å². The van der Waals surface area contributed by atoms with Crippen molar-refractivity contribution in [2.75, 3.05) is 25.6 Å². The van der Waals surface area contributed by atoms with E-state index < -0.39 is 10.1 Å². The van der Waals surface area contributed by atoms with Crippen LogP contribution in [0.3, 0.4) is 0 Å². The predicted molar refractivity (Wildman–Crippen MR) is 79.4 cm³/mol. The molecule has 6 heteroatoms. The molecule has 0 aliphatic heterocycles. The van der Waals surface area contributed by atoms with Gasteiger partial charge in [-0.25, -0.2) is 0 Å². The normalized spacial score (nSPS) is 11.9. The van der Waals surface area contributed by atoms with E-state index in [2.05, 4.69) is 0 Å². The van der Waals surface area contributed by atoms with Crippen LogP contribution in [0.1, 0.15) is 64.2 Å². The van der Waals surface area contributed by atoms with E-state index in [9.17, 15) is 12.8 Å². The number of ether oxygens (including phenoxy) is 1. The standard InChI is InChI=1S/C14H29FO4S/c15-11-8-6-4-2-1-3-5-7-9-12-19-13-10-14-20(16,17)18/h1-14H2,(H,16,17,18). The quantitative estimate of drug-likeness (QED) is 0.369. The van der Waals surface area contributed by atoms with Gasteiger partial charge in [0.05, 0.1) is 12.4 Å². The molecular formula is C14H29FO4S. The first-order chi connectivity index (χ1) is 9.56. The summed E-state index contributed by atoms with van der Waals surface area (Å²) in [5, 5.41) is 0. The number of alkyl halides is 1. The van der Waals surface area contributed by atoms with Crippen molar-refractivity contribution in [3.8, 4) is 0 Å². The molecule has 20 heavy (non-hydrogen) atoms. The summed E-state index contributed by atoms with van der Waals surface area (Å²) in [7, 11) is -3.84. The van der Waals surface area contributed by atoms with Crippen LogP contribution in [-0.4, -0.2) is 38.6 Å². The van der Waals surface area contributed by atoms with Gasteiger partial charge in [0, 0.05) is 13.2 Å². The smallest absolute Gasteiger partial charge is 0.264 e. The summed E-state index contributed by atoms with van der Waals surface area (Å²) in [6, 6.07) is 0. The molecule has 0 aliphatic carbocycles. The third-order valence-corrected chi connectivity index (χ3v) is 3.92. The Hall–Kier alpha value is -0.200. The zero-order valence-corrected chi connectivity index (χ0v) is 13.2. The molecule has 0 radical (unpaired) electrons. The molecule has 0 amide bonds. The molecule has 0 fully saturated rings. The first kappa shape index (κ1) is 19.8. The molecule has 0 aliphatic rings. The van der Waals surface area contributed by atoms with E-state index in [1.165, 1.54) is 25.7 Å².